The van der Waals surface area contributed by atoms with Crippen molar-refractivity contribution < 1.29 is 9.59 Å². The van der Waals surface area contributed by atoms with Gasteiger partial charge < -0.3 is 10.2 Å². The molecule has 2 rings (SSSR count). The molecule has 4 heteroatoms. The highest BCUT2D eigenvalue weighted by Crippen LogP contribution is 2.29. The number of carbonyl (C=O) groups excluding carboxylic acids is 2. The minimum absolute atomic E-state index is 0.0243. The van der Waals surface area contributed by atoms with Crippen LogP contribution in [0, 0.1) is 5.92 Å². The fraction of sp³-hybridized carbons (Fsp3) is 0.556. The van der Waals surface area contributed by atoms with E-state index in [2.05, 4.69) is 31.3 Å². The van der Waals surface area contributed by atoms with Gasteiger partial charge in [-0.05, 0) is 36.8 Å². The molecule has 1 aromatic rings. The number of para-hydroxylation sites is 1. The van der Waals surface area contributed by atoms with E-state index in [4.69, 9.17) is 0 Å². The zero-order chi connectivity index (χ0) is 16.1. The van der Waals surface area contributed by atoms with Gasteiger partial charge in [0.1, 0.15) is 0 Å². The van der Waals surface area contributed by atoms with Gasteiger partial charge in [-0.1, -0.05) is 32.0 Å². The number of carbonyl (C=O) groups is 2. The molecule has 0 heterocycles. The zero-order valence-electron chi connectivity index (χ0n) is 13.8. The molecule has 120 valence electrons. The van der Waals surface area contributed by atoms with E-state index in [0.29, 0.717) is 13.1 Å². The molecular formula is C18H26N2O2. The molecule has 1 aliphatic rings. The van der Waals surface area contributed by atoms with Crippen LogP contribution in [0.2, 0.25) is 0 Å². The van der Waals surface area contributed by atoms with Crippen molar-refractivity contribution in [3.05, 3.63) is 29.3 Å². The van der Waals surface area contributed by atoms with Gasteiger partial charge in [-0.2, -0.15) is 0 Å². The summed E-state index contributed by atoms with van der Waals surface area (Å²) in [7, 11) is 0. The van der Waals surface area contributed by atoms with Crippen LogP contribution in [0.1, 0.15) is 44.7 Å². The summed E-state index contributed by atoms with van der Waals surface area (Å²) in [5, 5.41) is 2.94. The molecule has 2 amide bonds. The third kappa shape index (κ3) is 3.87. The molecule has 0 aliphatic heterocycles. The second kappa shape index (κ2) is 7.43. The summed E-state index contributed by atoms with van der Waals surface area (Å²) in [6.45, 7) is 6.83. The lowest BCUT2D eigenvalue weighted by molar-refractivity contribution is -0.122. The highest BCUT2D eigenvalue weighted by molar-refractivity contribution is 5.93. The van der Waals surface area contributed by atoms with Crippen molar-refractivity contribution in [2.45, 2.75) is 46.5 Å². The molecule has 0 radical (unpaired) electrons. The number of hydrogen-bond donors (Lipinski definition) is 1. The Kier molecular flexibility index (Phi) is 5.58. The molecule has 22 heavy (non-hydrogen) atoms. The number of nitrogens with one attached hydrogen (secondary N) is 1. The summed E-state index contributed by atoms with van der Waals surface area (Å²) < 4.78 is 0. The molecule has 0 atom stereocenters. The van der Waals surface area contributed by atoms with E-state index in [-0.39, 0.29) is 17.7 Å². The maximum atomic E-state index is 12.1. The summed E-state index contributed by atoms with van der Waals surface area (Å²) in [4.78, 5) is 25.7. The monoisotopic (exact) mass is 302 g/mol. The summed E-state index contributed by atoms with van der Waals surface area (Å²) in [6, 6.07) is 6.20. The molecule has 0 saturated heterocycles. The quantitative estimate of drug-likeness (QED) is 0.842. The Balaban J connectivity index is 2.13. The van der Waals surface area contributed by atoms with Gasteiger partial charge in [0.05, 0.1) is 5.69 Å². The van der Waals surface area contributed by atoms with Crippen molar-refractivity contribution in [3.8, 4) is 0 Å². The maximum Gasteiger partial charge on any atom is 0.223 e. The number of aryl methyl sites for hydroxylation is 2. The highest BCUT2D eigenvalue weighted by atomic mass is 16.2. The fourth-order valence-electron chi connectivity index (χ4n) is 2.77. The largest absolute Gasteiger partial charge is 0.354 e. The smallest absolute Gasteiger partial charge is 0.223 e. The van der Waals surface area contributed by atoms with Gasteiger partial charge in [0, 0.05) is 25.9 Å². The predicted molar refractivity (Wildman–Crippen MR) is 89.0 cm³/mol. The SMILES string of the molecule is CCc1cccc(CC)c1N(CCNC(=O)C1CC1)C(C)=O. The van der Waals surface area contributed by atoms with Crippen molar-refractivity contribution in [3.63, 3.8) is 0 Å². The van der Waals surface area contributed by atoms with Crippen LogP contribution in [-0.4, -0.2) is 24.9 Å². The summed E-state index contributed by atoms with van der Waals surface area (Å²) in [6.07, 6.45) is 3.78. The fourth-order valence-corrected chi connectivity index (χ4v) is 2.77. The molecule has 1 saturated carbocycles. The van der Waals surface area contributed by atoms with E-state index in [9.17, 15) is 9.59 Å². The van der Waals surface area contributed by atoms with Crippen LogP contribution in [0.3, 0.4) is 0 Å². The maximum absolute atomic E-state index is 12.1. The van der Waals surface area contributed by atoms with E-state index in [1.54, 1.807) is 6.92 Å². The summed E-state index contributed by atoms with van der Waals surface area (Å²) in [5.74, 6) is 0.360. The van der Waals surface area contributed by atoms with Gasteiger partial charge in [-0.3, -0.25) is 9.59 Å². The number of nitrogens with zero attached hydrogens (tertiary/aromatic N) is 1. The number of hydrogen-bond acceptors (Lipinski definition) is 2. The Hall–Kier alpha value is -1.84. The van der Waals surface area contributed by atoms with Crippen LogP contribution in [-0.2, 0) is 22.4 Å². The minimum Gasteiger partial charge on any atom is -0.354 e. The van der Waals surface area contributed by atoms with Gasteiger partial charge in [-0.15, -0.1) is 0 Å². The van der Waals surface area contributed by atoms with Crippen LogP contribution < -0.4 is 10.2 Å². The average Bonchev–Trinajstić information content (AvgIpc) is 3.35. The molecule has 1 aliphatic carbocycles. The third-order valence-corrected chi connectivity index (χ3v) is 4.20. The Morgan fingerprint density at radius 1 is 1.18 bits per heavy atom. The first-order valence-electron chi connectivity index (χ1n) is 8.25. The number of amides is 2. The second-order valence-corrected chi connectivity index (χ2v) is 5.87. The summed E-state index contributed by atoms with van der Waals surface area (Å²) in [5.41, 5.74) is 3.40. The van der Waals surface area contributed by atoms with Gasteiger partial charge in [0.15, 0.2) is 0 Å². The first-order chi connectivity index (χ1) is 10.6. The highest BCUT2D eigenvalue weighted by Gasteiger charge is 2.29. The lowest BCUT2D eigenvalue weighted by Crippen LogP contribution is -2.39. The van der Waals surface area contributed by atoms with E-state index in [1.165, 1.54) is 11.1 Å². The van der Waals surface area contributed by atoms with Crippen molar-refractivity contribution in [1.82, 2.24) is 5.32 Å². The minimum atomic E-state index is 0.0243. The van der Waals surface area contributed by atoms with Crippen molar-refractivity contribution >= 4 is 17.5 Å². The first kappa shape index (κ1) is 16.5. The van der Waals surface area contributed by atoms with E-state index in [1.807, 2.05) is 11.0 Å². The van der Waals surface area contributed by atoms with Gasteiger partial charge in [0.25, 0.3) is 0 Å². The van der Waals surface area contributed by atoms with Crippen molar-refractivity contribution in [2.75, 3.05) is 18.0 Å². The topological polar surface area (TPSA) is 49.4 Å². The van der Waals surface area contributed by atoms with Crippen LogP contribution >= 0.6 is 0 Å². The zero-order valence-corrected chi connectivity index (χ0v) is 13.8. The average molecular weight is 302 g/mol. The Labute approximate surface area is 132 Å². The van der Waals surface area contributed by atoms with E-state index in [0.717, 1.165) is 31.4 Å². The first-order valence-corrected chi connectivity index (χ1v) is 8.25. The normalized spacial score (nSPS) is 13.8. The van der Waals surface area contributed by atoms with Crippen LogP contribution in [0.4, 0.5) is 5.69 Å². The van der Waals surface area contributed by atoms with Crippen LogP contribution in [0.25, 0.3) is 0 Å². The van der Waals surface area contributed by atoms with Crippen molar-refractivity contribution in [2.24, 2.45) is 5.92 Å². The molecule has 1 fully saturated rings. The summed E-state index contributed by atoms with van der Waals surface area (Å²) >= 11 is 0. The Morgan fingerprint density at radius 2 is 1.77 bits per heavy atom. The van der Waals surface area contributed by atoms with Gasteiger partial charge in [-0.25, -0.2) is 0 Å². The molecule has 1 aromatic carbocycles. The molecular weight excluding hydrogens is 276 g/mol. The molecule has 0 spiro atoms. The van der Waals surface area contributed by atoms with Crippen molar-refractivity contribution in [1.29, 1.82) is 0 Å². The molecule has 4 nitrogen and oxygen atoms in total. The number of benzene rings is 1. The third-order valence-electron chi connectivity index (χ3n) is 4.20. The predicted octanol–water partition coefficient (Wildman–Crippen LogP) is 2.69. The molecule has 0 aromatic heterocycles. The van der Waals surface area contributed by atoms with E-state index < -0.39 is 0 Å². The number of rotatable bonds is 7. The lowest BCUT2D eigenvalue weighted by Gasteiger charge is -2.26. The van der Waals surface area contributed by atoms with Gasteiger partial charge >= 0.3 is 0 Å². The van der Waals surface area contributed by atoms with Gasteiger partial charge in [0.2, 0.25) is 11.8 Å². The molecule has 0 bridgehead atoms. The molecule has 1 N–H and O–H groups in total. The van der Waals surface area contributed by atoms with Crippen LogP contribution in [0.15, 0.2) is 18.2 Å². The molecule has 0 unspecified atom stereocenters. The number of anilines is 1. The standard InChI is InChI=1S/C18H26N2O2/c1-4-14-7-6-8-15(5-2)17(14)20(13(3)21)12-11-19-18(22)16-9-10-16/h6-8,16H,4-5,9-12H2,1-3H3,(H,19,22). The van der Waals surface area contributed by atoms with Crippen LogP contribution in [0.5, 0.6) is 0 Å². The second-order valence-electron chi connectivity index (χ2n) is 5.87. The Morgan fingerprint density at radius 3 is 2.23 bits per heavy atom. The Bertz CT molecular complexity index is 528. The lowest BCUT2D eigenvalue weighted by atomic mass is 10.0. The van der Waals surface area contributed by atoms with E-state index >= 15 is 0 Å².